The maximum atomic E-state index is 11.9. The fourth-order valence-electron chi connectivity index (χ4n) is 4.28. The number of anilines is 1. The lowest BCUT2D eigenvalue weighted by molar-refractivity contribution is -0.108. The molecule has 0 bridgehead atoms. The van der Waals surface area contributed by atoms with Crippen molar-refractivity contribution in [1.29, 1.82) is 0 Å². The van der Waals surface area contributed by atoms with E-state index in [2.05, 4.69) is 25.4 Å². The summed E-state index contributed by atoms with van der Waals surface area (Å²) in [6.45, 7) is 5.61. The number of H-pyrrole nitrogens is 1. The van der Waals surface area contributed by atoms with Gasteiger partial charge in [-0.05, 0) is 38.5 Å². The Bertz CT molecular complexity index is 1470. The average Bonchev–Trinajstić information content (AvgIpc) is 3.34. The van der Waals surface area contributed by atoms with Crippen molar-refractivity contribution in [3.05, 3.63) is 65.3 Å². The van der Waals surface area contributed by atoms with Crippen LogP contribution in [0.15, 0.2) is 47.0 Å². The molecule has 8 nitrogen and oxygen atoms in total. The smallest absolute Gasteiger partial charge is 0.146 e. The number of aryl methyl sites for hydroxylation is 3. The summed E-state index contributed by atoms with van der Waals surface area (Å²) < 4.78 is 11.1. The number of rotatable bonds is 6. The van der Waals surface area contributed by atoms with Crippen LogP contribution in [0.2, 0.25) is 0 Å². The summed E-state index contributed by atoms with van der Waals surface area (Å²) in [6.07, 6.45) is 0.879. The Kier molecular flexibility index (Phi) is 5.05. The molecule has 8 heteroatoms. The summed E-state index contributed by atoms with van der Waals surface area (Å²) in [5.41, 5.74) is 4.97. The number of nitrogens with one attached hydrogen (secondary N) is 2. The molecular formula is C25H23N5O3. The first-order chi connectivity index (χ1) is 16.0. The number of benzene rings is 2. The zero-order valence-corrected chi connectivity index (χ0v) is 18.8. The minimum absolute atomic E-state index is 0.544. The van der Waals surface area contributed by atoms with Crippen LogP contribution in [0.3, 0.4) is 0 Å². The molecule has 0 spiro atoms. The van der Waals surface area contributed by atoms with Gasteiger partial charge in [0, 0.05) is 16.5 Å². The first-order valence-corrected chi connectivity index (χ1v) is 10.6. The molecule has 0 saturated carbocycles. The number of carbonyl (C=O) groups is 1. The number of ether oxygens (including phenoxy) is 1. The van der Waals surface area contributed by atoms with Gasteiger partial charge in [-0.2, -0.15) is 0 Å². The molecule has 166 valence electrons. The van der Waals surface area contributed by atoms with Crippen LogP contribution in [0.5, 0.6) is 5.75 Å². The molecule has 33 heavy (non-hydrogen) atoms. The number of nitrogens with zero attached hydrogens (tertiary/aromatic N) is 3. The van der Waals surface area contributed by atoms with Crippen molar-refractivity contribution in [2.75, 3.05) is 12.4 Å². The Labute approximate surface area is 190 Å². The van der Waals surface area contributed by atoms with Crippen LogP contribution in [0.4, 0.5) is 5.82 Å². The van der Waals surface area contributed by atoms with Crippen molar-refractivity contribution in [3.8, 4) is 16.9 Å². The highest BCUT2D eigenvalue weighted by Gasteiger charge is 2.21. The zero-order chi connectivity index (χ0) is 23.1. The van der Waals surface area contributed by atoms with Crippen LogP contribution in [0.1, 0.15) is 28.9 Å². The van der Waals surface area contributed by atoms with E-state index in [1.165, 1.54) is 0 Å². The number of carbonyl (C=O) groups excluding carboxylic acids is 1. The van der Waals surface area contributed by atoms with E-state index in [1.54, 1.807) is 7.11 Å². The Morgan fingerprint density at radius 2 is 1.91 bits per heavy atom. The summed E-state index contributed by atoms with van der Waals surface area (Å²) in [7, 11) is 1.63. The van der Waals surface area contributed by atoms with E-state index in [9.17, 15) is 4.79 Å². The van der Waals surface area contributed by atoms with E-state index in [-0.39, 0.29) is 0 Å². The summed E-state index contributed by atoms with van der Waals surface area (Å²) >= 11 is 0. The number of aromatic amines is 1. The van der Waals surface area contributed by atoms with Gasteiger partial charge in [-0.1, -0.05) is 35.5 Å². The van der Waals surface area contributed by atoms with E-state index in [1.807, 2.05) is 63.2 Å². The number of aromatic nitrogens is 4. The molecule has 0 fully saturated rings. The molecule has 0 amide bonds. The van der Waals surface area contributed by atoms with Crippen LogP contribution < -0.4 is 10.1 Å². The van der Waals surface area contributed by atoms with Gasteiger partial charge < -0.3 is 24.4 Å². The lowest BCUT2D eigenvalue weighted by Gasteiger charge is -2.15. The lowest BCUT2D eigenvalue weighted by atomic mass is 10.0. The Morgan fingerprint density at radius 3 is 2.58 bits per heavy atom. The van der Waals surface area contributed by atoms with Crippen molar-refractivity contribution >= 4 is 34.0 Å². The van der Waals surface area contributed by atoms with Crippen LogP contribution in [-0.4, -0.2) is 33.5 Å². The van der Waals surface area contributed by atoms with E-state index < -0.39 is 6.04 Å². The molecular weight excluding hydrogens is 418 g/mol. The molecule has 2 N–H and O–H groups in total. The molecule has 2 aromatic carbocycles. The molecule has 0 saturated heterocycles. The fraction of sp³-hybridized carbons (Fsp3) is 0.200. The predicted molar refractivity (Wildman–Crippen MR) is 127 cm³/mol. The topological polar surface area (TPSA) is 106 Å². The van der Waals surface area contributed by atoms with Gasteiger partial charge in [0.15, 0.2) is 0 Å². The van der Waals surface area contributed by atoms with Gasteiger partial charge >= 0.3 is 0 Å². The van der Waals surface area contributed by atoms with Crippen molar-refractivity contribution in [3.63, 3.8) is 0 Å². The molecule has 1 atom stereocenters. The molecule has 3 heterocycles. The van der Waals surface area contributed by atoms with Crippen molar-refractivity contribution < 1.29 is 14.1 Å². The lowest BCUT2D eigenvalue weighted by Crippen LogP contribution is -2.13. The van der Waals surface area contributed by atoms with Gasteiger partial charge in [0.25, 0.3) is 0 Å². The van der Waals surface area contributed by atoms with Crippen LogP contribution in [-0.2, 0) is 4.79 Å². The highest BCUT2D eigenvalue weighted by Crippen LogP contribution is 2.40. The molecule has 5 rings (SSSR count). The van der Waals surface area contributed by atoms with Gasteiger partial charge in [-0.3, -0.25) is 0 Å². The second kappa shape index (κ2) is 8.05. The standard InChI is InChI=1S/C25H23N5O3/c1-13-22(14(2)33-30-13)18-10-19-17(11-21(18)32-4)23-24(28-19)26-15(3)27-25(23)29-20(12-31)16-8-6-5-7-9-16/h5-12,20H,1-4H3,(H2,26,27,28,29)/t20-/m1/s1. The maximum Gasteiger partial charge on any atom is 0.146 e. The van der Waals surface area contributed by atoms with Gasteiger partial charge in [0.2, 0.25) is 0 Å². The SMILES string of the molecule is COc1cc2c(cc1-c1c(C)noc1C)[nH]c1nc(C)nc(N[C@H](C=O)c3ccccc3)c12. The Balaban J connectivity index is 1.72. The summed E-state index contributed by atoms with van der Waals surface area (Å²) in [6, 6.07) is 13.0. The third-order valence-corrected chi connectivity index (χ3v) is 5.77. The van der Waals surface area contributed by atoms with Gasteiger partial charge in [0.1, 0.15) is 41.1 Å². The number of methoxy groups -OCH3 is 1. The van der Waals surface area contributed by atoms with E-state index >= 15 is 0 Å². The summed E-state index contributed by atoms with van der Waals surface area (Å²) in [4.78, 5) is 24.5. The number of aldehydes is 1. The molecule has 3 aromatic heterocycles. The molecule has 0 aliphatic carbocycles. The fourth-order valence-corrected chi connectivity index (χ4v) is 4.28. The predicted octanol–water partition coefficient (Wildman–Crippen LogP) is 5.05. The summed E-state index contributed by atoms with van der Waals surface area (Å²) in [5, 5.41) is 9.06. The van der Waals surface area contributed by atoms with Crippen molar-refractivity contribution in [2.45, 2.75) is 26.8 Å². The van der Waals surface area contributed by atoms with Gasteiger partial charge in [-0.15, -0.1) is 0 Å². The van der Waals surface area contributed by atoms with E-state index in [0.717, 1.165) is 50.7 Å². The molecule has 0 aliphatic rings. The van der Waals surface area contributed by atoms with Gasteiger partial charge in [-0.25, -0.2) is 9.97 Å². The second-order valence-corrected chi connectivity index (χ2v) is 7.93. The monoisotopic (exact) mass is 441 g/mol. The number of hydrogen-bond acceptors (Lipinski definition) is 7. The Hall–Kier alpha value is -4.20. The third kappa shape index (κ3) is 3.49. The zero-order valence-electron chi connectivity index (χ0n) is 18.8. The third-order valence-electron chi connectivity index (χ3n) is 5.77. The first-order valence-electron chi connectivity index (χ1n) is 10.6. The minimum Gasteiger partial charge on any atom is -0.496 e. The molecule has 5 aromatic rings. The van der Waals surface area contributed by atoms with Crippen LogP contribution in [0, 0.1) is 20.8 Å². The molecule has 0 aliphatic heterocycles. The van der Waals surface area contributed by atoms with Crippen LogP contribution in [0.25, 0.3) is 33.1 Å². The molecule has 0 radical (unpaired) electrons. The van der Waals surface area contributed by atoms with Gasteiger partial charge in [0.05, 0.1) is 23.8 Å². The Morgan fingerprint density at radius 1 is 1.12 bits per heavy atom. The average molecular weight is 441 g/mol. The minimum atomic E-state index is -0.544. The molecule has 0 unspecified atom stereocenters. The van der Waals surface area contributed by atoms with Crippen molar-refractivity contribution in [1.82, 2.24) is 20.1 Å². The van der Waals surface area contributed by atoms with E-state index in [4.69, 9.17) is 9.26 Å². The van der Waals surface area contributed by atoms with Crippen molar-refractivity contribution in [2.24, 2.45) is 0 Å². The quantitative estimate of drug-likeness (QED) is 0.355. The number of hydrogen-bond donors (Lipinski definition) is 2. The normalized spacial score (nSPS) is 12.2. The largest absolute Gasteiger partial charge is 0.496 e. The first kappa shape index (κ1) is 20.7. The number of fused-ring (bicyclic) bond motifs is 3. The highest BCUT2D eigenvalue weighted by molar-refractivity contribution is 6.13. The second-order valence-electron chi connectivity index (χ2n) is 7.93. The highest BCUT2D eigenvalue weighted by atomic mass is 16.5. The summed E-state index contributed by atoms with van der Waals surface area (Å²) in [5.74, 6) is 2.57. The van der Waals surface area contributed by atoms with E-state index in [0.29, 0.717) is 23.0 Å². The van der Waals surface area contributed by atoms with Crippen LogP contribution >= 0.6 is 0 Å². The maximum absolute atomic E-state index is 11.9.